The highest BCUT2D eigenvalue weighted by Crippen LogP contribution is 2.27. The molecule has 174 valence electrons. The summed E-state index contributed by atoms with van der Waals surface area (Å²) < 4.78 is 33.3. The number of aryl methyl sites for hydroxylation is 2. The average Bonchev–Trinajstić information content (AvgIpc) is 2.82. The molecule has 0 radical (unpaired) electrons. The van der Waals surface area contributed by atoms with Crippen molar-refractivity contribution < 1.29 is 17.9 Å². The van der Waals surface area contributed by atoms with Crippen molar-refractivity contribution in [2.45, 2.75) is 24.7 Å². The summed E-state index contributed by atoms with van der Waals surface area (Å²) in [5.74, 6) is 0.224. The van der Waals surface area contributed by atoms with Gasteiger partial charge in [-0.2, -0.15) is 0 Å². The lowest BCUT2D eigenvalue weighted by Crippen LogP contribution is -2.41. The first kappa shape index (κ1) is 24.6. The number of rotatable bonds is 10. The Morgan fingerprint density at radius 1 is 1.03 bits per heavy atom. The Morgan fingerprint density at radius 2 is 1.73 bits per heavy atom. The number of ether oxygens (including phenoxy) is 1. The number of para-hydroxylation sites is 1. The van der Waals surface area contributed by atoms with Gasteiger partial charge in [-0.3, -0.25) is 9.10 Å². The average molecular weight is 487 g/mol. The van der Waals surface area contributed by atoms with Crippen LogP contribution in [0.15, 0.2) is 77.7 Å². The second-order valence-electron chi connectivity index (χ2n) is 7.56. The van der Waals surface area contributed by atoms with Gasteiger partial charge >= 0.3 is 0 Å². The first-order chi connectivity index (χ1) is 15.8. The van der Waals surface area contributed by atoms with Crippen LogP contribution in [0.2, 0.25) is 5.02 Å². The Labute approximate surface area is 200 Å². The Balaban J connectivity index is 1.71. The Hall–Kier alpha value is -3.03. The molecule has 0 heterocycles. The van der Waals surface area contributed by atoms with Crippen LogP contribution < -0.4 is 14.4 Å². The molecule has 0 atom stereocenters. The van der Waals surface area contributed by atoms with Gasteiger partial charge in [0.05, 0.1) is 17.7 Å². The molecular weight excluding hydrogens is 460 g/mol. The highest BCUT2D eigenvalue weighted by Gasteiger charge is 2.27. The van der Waals surface area contributed by atoms with Crippen LogP contribution >= 0.6 is 11.6 Å². The molecule has 1 N–H and O–H groups in total. The fraction of sp³-hybridized carbons (Fsp3) is 0.240. The molecule has 0 fully saturated rings. The van der Waals surface area contributed by atoms with Crippen LogP contribution in [0.1, 0.15) is 17.5 Å². The van der Waals surface area contributed by atoms with Crippen molar-refractivity contribution in [3.8, 4) is 5.75 Å². The van der Waals surface area contributed by atoms with Gasteiger partial charge in [-0.15, -0.1) is 0 Å². The normalized spacial score (nSPS) is 11.1. The smallest absolute Gasteiger partial charge is 0.264 e. The van der Waals surface area contributed by atoms with E-state index in [1.807, 2.05) is 24.3 Å². The van der Waals surface area contributed by atoms with Gasteiger partial charge in [-0.25, -0.2) is 8.42 Å². The summed E-state index contributed by atoms with van der Waals surface area (Å²) in [5.41, 5.74) is 2.23. The van der Waals surface area contributed by atoms with Gasteiger partial charge in [0.25, 0.3) is 10.0 Å². The zero-order valence-corrected chi connectivity index (χ0v) is 20.2. The van der Waals surface area contributed by atoms with Crippen molar-refractivity contribution in [1.29, 1.82) is 0 Å². The Bertz CT molecular complexity index is 1180. The summed E-state index contributed by atoms with van der Waals surface area (Å²) in [6, 6.07) is 20.8. The lowest BCUT2D eigenvalue weighted by Gasteiger charge is -2.24. The highest BCUT2D eigenvalue weighted by molar-refractivity contribution is 7.92. The molecule has 0 aliphatic carbocycles. The summed E-state index contributed by atoms with van der Waals surface area (Å²) in [6.07, 6.45) is 1.51. The second-order valence-corrected chi connectivity index (χ2v) is 9.86. The van der Waals surface area contributed by atoms with Crippen molar-refractivity contribution in [3.63, 3.8) is 0 Å². The first-order valence-electron chi connectivity index (χ1n) is 10.5. The van der Waals surface area contributed by atoms with Crippen molar-refractivity contribution in [3.05, 3.63) is 88.9 Å². The van der Waals surface area contributed by atoms with Gasteiger partial charge < -0.3 is 10.1 Å². The molecule has 0 aliphatic rings. The molecule has 0 bridgehead atoms. The van der Waals surface area contributed by atoms with Crippen LogP contribution in [-0.2, 0) is 21.2 Å². The monoisotopic (exact) mass is 486 g/mol. The molecule has 0 saturated heterocycles. The Kier molecular flexibility index (Phi) is 8.36. The van der Waals surface area contributed by atoms with Crippen LogP contribution in [-0.4, -0.2) is 34.5 Å². The predicted octanol–water partition coefficient (Wildman–Crippen LogP) is 4.60. The number of sulfonamides is 1. The van der Waals surface area contributed by atoms with Gasteiger partial charge in [0.1, 0.15) is 12.3 Å². The predicted molar refractivity (Wildman–Crippen MR) is 131 cm³/mol. The Morgan fingerprint density at radius 3 is 2.36 bits per heavy atom. The maximum Gasteiger partial charge on any atom is 0.264 e. The highest BCUT2D eigenvalue weighted by atomic mass is 35.5. The second kappa shape index (κ2) is 11.2. The number of methoxy groups -OCH3 is 1. The number of halogens is 1. The van der Waals surface area contributed by atoms with Gasteiger partial charge in [0.15, 0.2) is 0 Å². The minimum absolute atomic E-state index is 0.0974. The van der Waals surface area contributed by atoms with E-state index >= 15 is 0 Å². The van der Waals surface area contributed by atoms with E-state index in [4.69, 9.17) is 16.3 Å². The minimum Gasteiger partial charge on any atom is -0.496 e. The summed E-state index contributed by atoms with van der Waals surface area (Å²) in [6.45, 7) is 1.89. The number of hydrogen-bond acceptors (Lipinski definition) is 4. The van der Waals surface area contributed by atoms with E-state index in [0.717, 1.165) is 22.7 Å². The summed E-state index contributed by atoms with van der Waals surface area (Å²) >= 11 is 5.90. The number of carbonyl (C=O) groups is 1. The van der Waals surface area contributed by atoms with Crippen molar-refractivity contribution in [1.82, 2.24) is 5.32 Å². The van der Waals surface area contributed by atoms with E-state index < -0.39 is 10.0 Å². The van der Waals surface area contributed by atoms with Crippen molar-refractivity contribution in [2.24, 2.45) is 0 Å². The number of benzene rings is 3. The van der Waals surface area contributed by atoms with E-state index in [2.05, 4.69) is 5.32 Å². The summed E-state index contributed by atoms with van der Waals surface area (Å²) in [5, 5.41) is 3.51. The molecule has 0 aliphatic heterocycles. The fourth-order valence-corrected chi connectivity index (χ4v) is 5.04. The van der Waals surface area contributed by atoms with E-state index in [9.17, 15) is 13.2 Å². The third kappa shape index (κ3) is 6.49. The van der Waals surface area contributed by atoms with Crippen LogP contribution in [0.4, 0.5) is 5.69 Å². The lowest BCUT2D eigenvalue weighted by atomic mass is 10.1. The topological polar surface area (TPSA) is 75.7 Å². The maximum absolute atomic E-state index is 13.5. The third-order valence-electron chi connectivity index (χ3n) is 5.16. The number of anilines is 1. The maximum atomic E-state index is 13.5. The molecular formula is C25H27ClN2O4S. The number of carbonyl (C=O) groups excluding carboxylic acids is 1. The lowest BCUT2D eigenvalue weighted by molar-refractivity contribution is -0.119. The van der Waals surface area contributed by atoms with Gasteiger partial charge in [-0.05, 0) is 73.4 Å². The zero-order chi connectivity index (χ0) is 23.8. The SMILES string of the molecule is COc1ccc(S(=O)(=O)N(CC(=O)NCCCc2ccc(Cl)cc2)c2ccccc2)cc1C. The quantitative estimate of drug-likeness (QED) is 0.425. The van der Waals surface area contributed by atoms with Crippen LogP contribution in [0.25, 0.3) is 0 Å². The molecule has 0 unspecified atom stereocenters. The molecule has 1 amide bonds. The van der Waals surface area contributed by atoms with Crippen molar-refractivity contribution in [2.75, 3.05) is 24.5 Å². The molecule has 0 spiro atoms. The molecule has 0 saturated carbocycles. The fourth-order valence-electron chi connectivity index (χ4n) is 3.41. The zero-order valence-electron chi connectivity index (χ0n) is 18.6. The van der Waals surface area contributed by atoms with Gasteiger partial charge in [0.2, 0.25) is 5.91 Å². The van der Waals surface area contributed by atoms with Crippen LogP contribution in [0.3, 0.4) is 0 Å². The molecule has 33 heavy (non-hydrogen) atoms. The first-order valence-corrected chi connectivity index (χ1v) is 12.4. The number of nitrogens with zero attached hydrogens (tertiary/aromatic N) is 1. The molecule has 3 aromatic carbocycles. The molecule has 0 aromatic heterocycles. The molecule has 3 aromatic rings. The molecule has 8 heteroatoms. The van der Waals surface area contributed by atoms with Gasteiger partial charge in [-0.1, -0.05) is 41.9 Å². The van der Waals surface area contributed by atoms with E-state index in [-0.39, 0.29) is 17.3 Å². The van der Waals surface area contributed by atoms with Crippen LogP contribution in [0, 0.1) is 6.92 Å². The largest absolute Gasteiger partial charge is 0.496 e. The summed E-state index contributed by atoms with van der Waals surface area (Å²) in [7, 11) is -2.44. The third-order valence-corrected chi connectivity index (χ3v) is 7.19. The van der Waals surface area contributed by atoms with Crippen molar-refractivity contribution >= 4 is 33.2 Å². The minimum atomic E-state index is -3.97. The van der Waals surface area contributed by atoms with E-state index in [0.29, 0.717) is 28.6 Å². The van der Waals surface area contributed by atoms with Crippen LogP contribution in [0.5, 0.6) is 5.75 Å². The van der Waals surface area contributed by atoms with E-state index in [1.165, 1.54) is 13.2 Å². The number of amides is 1. The molecule has 6 nitrogen and oxygen atoms in total. The molecule has 3 rings (SSSR count). The number of hydrogen-bond donors (Lipinski definition) is 1. The summed E-state index contributed by atoms with van der Waals surface area (Å²) in [4.78, 5) is 12.8. The van der Waals surface area contributed by atoms with Gasteiger partial charge in [0, 0.05) is 11.6 Å². The van der Waals surface area contributed by atoms with E-state index in [1.54, 1.807) is 49.4 Å². The standard InChI is InChI=1S/C25H27ClN2O4S/c1-19-17-23(14-15-24(19)32-2)33(30,31)28(22-8-4-3-5-9-22)18-25(29)27-16-6-7-20-10-12-21(26)13-11-20/h3-5,8-15,17H,6-7,16,18H2,1-2H3,(H,27,29). The number of nitrogens with one attached hydrogen (secondary N) is 1.